The third kappa shape index (κ3) is 9.11. The Bertz CT molecular complexity index is 1250. The molecule has 0 radical (unpaired) electrons. The van der Waals surface area contributed by atoms with Crippen LogP contribution < -0.4 is 0 Å². The summed E-state index contributed by atoms with van der Waals surface area (Å²) in [4.78, 5) is 23.6. The predicted molar refractivity (Wildman–Crippen MR) is 113 cm³/mol. The summed E-state index contributed by atoms with van der Waals surface area (Å²) in [7, 11) is 0. The van der Waals surface area contributed by atoms with E-state index < -0.39 is 134 Å². The Hall–Kier alpha value is -2.58. The zero-order chi connectivity index (χ0) is 42.9. The summed E-state index contributed by atoms with van der Waals surface area (Å²) in [6.45, 7) is -4.75. The summed E-state index contributed by atoms with van der Waals surface area (Å²) in [5.41, 5.74) is 0. The molecule has 0 aromatic carbocycles. The number of rotatable bonds is 21. The van der Waals surface area contributed by atoms with E-state index in [4.69, 9.17) is 5.26 Å². The van der Waals surface area contributed by atoms with Crippen molar-refractivity contribution in [2.45, 2.75) is 96.3 Å². The van der Waals surface area contributed by atoms with E-state index in [9.17, 15) is 119 Å². The van der Waals surface area contributed by atoms with Gasteiger partial charge in [-0.3, -0.25) is 9.59 Å². The molecule has 0 amide bonds. The van der Waals surface area contributed by atoms with Crippen LogP contribution in [0.25, 0.3) is 0 Å². The van der Waals surface area contributed by atoms with Gasteiger partial charge in [-0.2, -0.15) is 101 Å². The normalized spacial score (nSPS) is 15.8. The third-order valence-electron chi connectivity index (χ3n) is 6.08. The lowest BCUT2D eigenvalue weighted by Crippen LogP contribution is -2.73. The maximum Gasteiger partial charge on any atom is 0.460 e. The largest absolute Gasteiger partial charge is 0.465 e. The van der Waals surface area contributed by atoms with E-state index in [1.807, 2.05) is 0 Å². The molecular weight excluding hydrogens is 859 g/mol. The molecule has 1 N–H and O–H groups in total. The molecule has 0 bridgehead atoms. The molecule has 0 aromatic heterocycles. The Kier molecular flexibility index (Phi) is 15.1. The number of hydrogen-bond acceptors (Lipinski definition) is 8. The molecule has 316 valence electrons. The summed E-state index contributed by atoms with van der Waals surface area (Å²) < 4.78 is 341. The summed E-state index contributed by atoms with van der Waals surface area (Å²) >= 11 is -0.749. The van der Waals surface area contributed by atoms with Crippen LogP contribution in [0.3, 0.4) is 0 Å². The first kappa shape index (κ1) is 50.4. The van der Waals surface area contributed by atoms with Gasteiger partial charge in [0.05, 0.1) is 44.5 Å². The van der Waals surface area contributed by atoms with Crippen molar-refractivity contribution in [3.8, 4) is 0 Å². The zero-order valence-corrected chi connectivity index (χ0v) is 24.8. The Morgan fingerprint density at radius 2 is 0.887 bits per heavy atom. The SMILES string of the molecule is O=C(CC(SOOO)C(=O)OCCC(F)(F)C(F)(F)C(F)(F)C(F)(F)F)OCCC(F)(F)C(F)(F)C(F)(F)C(F)(F)C(F)(F)C(F)(F)C(F)(F)C(F)F. The molecule has 1 atom stereocenters. The summed E-state index contributed by atoms with van der Waals surface area (Å²) in [6.07, 6.45) is -21.4. The molecule has 0 aliphatic rings. The number of halogens is 25. The second kappa shape index (κ2) is 15.9. The first-order valence-electron chi connectivity index (χ1n) is 12.2. The van der Waals surface area contributed by atoms with Crippen molar-refractivity contribution in [3.05, 3.63) is 0 Å². The fourth-order valence-corrected chi connectivity index (χ4v) is 3.47. The van der Waals surface area contributed by atoms with Gasteiger partial charge in [0.1, 0.15) is 5.25 Å². The van der Waals surface area contributed by atoms with Gasteiger partial charge in [0.25, 0.3) is 0 Å². The van der Waals surface area contributed by atoms with Gasteiger partial charge in [-0.05, 0) is 0 Å². The average molecular weight is 872 g/mol. The molecule has 0 aromatic rings. The van der Waals surface area contributed by atoms with Crippen LogP contribution in [-0.2, 0) is 28.4 Å². The molecule has 0 aliphatic heterocycles. The lowest BCUT2D eigenvalue weighted by molar-refractivity contribution is -0.447. The Labute approximate surface area is 278 Å². The number of carbonyl (C=O) groups is 2. The summed E-state index contributed by atoms with van der Waals surface area (Å²) in [6, 6.07) is 0. The molecular formula is C20H13F25O7S. The molecule has 0 rings (SSSR count). The highest BCUT2D eigenvalue weighted by atomic mass is 32.2. The number of hydrogen-bond donors (Lipinski definition) is 1. The molecule has 7 nitrogen and oxygen atoms in total. The first-order valence-corrected chi connectivity index (χ1v) is 13.0. The quantitative estimate of drug-likeness (QED) is 0.0403. The van der Waals surface area contributed by atoms with Crippen LogP contribution in [0, 0.1) is 0 Å². The molecule has 1 unspecified atom stereocenters. The van der Waals surface area contributed by atoms with Gasteiger partial charge in [0.2, 0.25) is 0 Å². The zero-order valence-electron chi connectivity index (χ0n) is 23.9. The minimum absolute atomic E-state index is 0.749. The second-order valence-corrected chi connectivity index (χ2v) is 10.6. The summed E-state index contributed by atoms with van der Waals surface area (Å²) in [5.74, 6) is -82.6. The van der Waals surface area contributed by atoms with Crippen LogP contribution in [0.1, 0.15) is 19.3 Å². The number of ether oxygens (including phenoxy) is 2. The molecule has 0 fully saturated rings. The van der Waals surface area contributed by atoms with E-state index in [1.54, 1.807) is 0 Å². The minimum atomic E-state index is -8.73. The molecule has 53 heavy (non-hydrogen) atoms. The Morgan fingerprint density at radius 3 is 1.26 bits per heavy atom. The molecule has 0 saturated heterocycles. The third-order valence-corrected chi connectivity index (χ3v) is 6.81. The first-order chi connectivity index (χ1) is 23.1. The Balaban J connectivity index is 5.86. The molecule has 33 heteroatoms. The van der Waals surface area contributed by atoms with Crippen molar-refractivity contribution >= 4 is 24.0 Å². The molecule has 0 aliphatic carbocycles. The van der Waals surface area contributed by atoms with E-state index >= 15 is 0 Å². The lowest BCUT2D eigenvalue weighted by atomic mass is 9.88. The van der Waals surface area contributed by atoms with Gasteiger partial charge >= 0.3 is 83.8 Å². The maximum absolute atomic E-state index is 13.9. The van der Waals surface area contributed by atoms with E-state index in [0.29, 0.717) is 0 Å². The van der Waals surface area contributed by atoms with Gasteiger partial charge < -0.3 is 9.47 Å². The van der Waals surface area contributed by atoms with Crippen molar-refractivity contribution in [3.63, 3.8) is 0 Å². The lowest BCUT2D eigenvalue weighted by Gasteiger charge is -2.42. The monoisotopic (exact) mass is 872 g/mol. The van der Waals surface area contributed by atoms with E-state index in [0.717, 1.165) is 0 Å². The van der Waals surface area contributed by atoms with Gasteiger partial charge in [-0.15, -0.1) is 4.33 Å². The van der Waals surface area contributed by atoms with Crippen LogP contribution in [0.2, 0.25) is 0 Å². The van der Waals surface area contributed by atoms with E-state index in [1.165, 1.54) is 0 Å². The van der Waals surface area contributed by atoms with Crippen LogP contribution in [-0.4, -0.2) is 107 Å². The van der Waals surface area contributed by atoms with Gasteiger partial charge in [0.15, 0.2) is 0 Å². The highest BCUT2D eigenvalue weighted by Crippen LogP contribution is 2.63. The number of esters is 2. The predicted octanol–water partition coefficient (Wildman–Crippen LogP) is 8.86. The minimum Gasteiger partial charge on any atom is -0.465 e. The van der Waals surface area contributed by atoms with Gasteiger partial charge in [0, 0.05) is 0 Å². The molecule has 0 heterocycles. The van der Waals surface area contributed by atoms with Crippen molar-refractivity contribution in [2.24, 2.45) is 0 Å². The maximum atomic E-state index is 13.9. The number of alkyl halides is 25. The van der Waals surface area contributed by atoms with Crippen LogP contribution in [0.4, 0.5) is 110 Å². The highest BCUT2D eigenvalue weighted by Gasteiger charge is 2.93. The van der Waals surface area contributed by atoms with Crippen LogP contribution in [0.5, 0.6) is 0 Å². The van der Waals surface area contributed by atoms with Crippen molar-refractivity contribution in [1.82, 2.24) is 0 Å². The fourth-order valence-electron chi connectivity index (χ4n) is 2.99. The second-order valence-electron chi connectivity index (χ2n) is 9.67. The van der Waals surface area contributed by atoms with Gasteiger partial charge in [-0.25, -0.2) is 14.0 Å². The smallest absolute Gasteiger partial charge is 0.460 e. The van der Waals surface area contributed by atoms with Crippen molar-refractivity contribution in [2.75, 3.05) is 13.2 Å². The average Bonchev–Trinajstić information content (AvgIpc) is 2.97. The summed E-state index contributed by atoms with van der Waals surface area (Å²) in [5, 5.41) is 8.27. The van der Waals surface area contributed by atoms with Crippen LogP contribution >= 0.6 is 12.0 Å². The van der Waals surface area contributed by atoms with Crippen LogP contribution in [0.15, 0.2) is 0 Å². The topological polar surface area (TPSA) is 91.3 Å². The van der Waals surface area contributed by atoms with Crippen molar-refractivity contribution in [1.29, 1.82) is 0 Å². The van der Waals surface area contributed by atoms with E-state index in [-0.39, 0.29) is 0 Å². The Morgan fingerprint density at radius 1 is 0.528 bits per heavy atom. The van der Waals surface area contributed by atoms with E-state index in [2.05, 4.69) is 18.8 Å². The fraction of sp³-hybridized carbons (Fsp3) is 0.900. The van der Waals surface area contributed by atoms with Crippen molar-refractivity contribution < 1.29 is 143 Å². The highest BCUT2D eigenvalue weighted by molar-refractivity contribution is 7.95. The van der Waals surface area contributed by atoms with Gasteiger partial charge in [-0.1, -0.05) is 5.04 Å². The standard InChI is InChI=1S/C20H13F25O7S/c21-9(22)12(27,28)15(33,34)17(37,38)18(39,40)16(35,36)13(29,30)10(23,24)1-3-49-7(46)5-6(53-52-51-48)8(47)50-4-2-11(25,26)14(31,32)19(41,42)20(43,44)45/h6,9,48H,1-5H2. The number of carbonyl (C=O) groups excluding carboxylic acids is 2. The molecule has 0 spiro atoms. The molecule has 0 saturated carbocycles.